The van der Waals surface area contributed by atoms with E-state index in [4.69, 9.17) is 9.47 Å². The van der Waals surface area contributed by atoms with Crippen molar-refractivity contribution in [2.24, 2.45) is 5.92 Å². The lowest BCUT2D eigenvalue weighted by Gasteiger charge is -2.29. The molecule has 2 N–H and O–H groups in total. The molecular formula is C22H27N3O6S. The van der Waals surface area contributed by atoms with Gasteiger partial charge in [0.2, 0.25) is 0 Å². The fourth-order valence-corrected chi connectivity index (χ4v) is 4.80. The summed E-state index contributed by atoms with van der Waals surface area (Å²) in [6, 6.07) is 5.23. The quantitative estimate of drug-likeness (QED) is 0.580. The summed E-state index contributed by atoms with van der Waals surface area (Å²) in [5.74, 6) is -2.93. The summed E-state index contributed by atoms with van der Waals surface area (Å²) in [5.41, 5.74) is 5.97. The summed E-state index contributed by atoms with van der Waals surface area (Å²) < 4.78 is 10.1. The Labute approximate surface area is 190 Å². The maximum Gasteiger partial charge on any atom is 0.312 e. The number of hydrogen-bond acceptors (Lipinski definition) is 7. The van der Waals surface area contributed by atoms with E-state index in [0.29, 0.717) is 5.56 Å². The molecule has 0 saturated carbocycles. The minimum atomic E-state index is -0.970. The monoisotopic (exact) mass is 461 g/mol. The van der Waals surface area contributed by atoms with Crippen LogP contribution in [0.4, 0.5) is 0 Å². The van der Waals surface area contributed by atoms with Crippen LogP contribution in [-0.2, 0) is 23.9 Å². The summed E-state index contributed by atoms with van der Waals surface area (Å²) in [6.07, 6.45) is -0.252. The van der Waals surface area contributed by atoms with E-state index < -0.39 is 29.1 Å². The average Bonchev–Trinajstić information content (AvgIpc) is 3.25. The van der Waals surface area contributed by atoms with E-state index in [1.54, 1.807) is 26.0 Å². The number of carbonyl (C=O) groups is 4. The number of rotatable bonds is 8. The van der Waals surface area contributed by atoms with Gasteiger partial charge in [-0.25, -0.2) is 5.01 Å². The van der Waals surface area contributed by atoms with E-state index in [0.717, 1.165) is 27.2 Å². The number of nitrogens with one attached hydrogen (secondary N) is 2. The molecule has 9 nitrogen and oxygen atoms in total. The molecule has 172 valence electrons. The summed E-state index contributed by atoms with van der Waals surface area (Å²) in [7, 11) is 0. The van der Waals surface area contributed by atoms with Crippen LogP contribution in [0, 0.1) is 19.8 Å². The van der Waals surface area contributed by atoms with Crippen molar-refractivity contribution >= 4 is 46.4 Å². The first-order valence-corrected chi connectivity index (χ1v) is 11.5. The molecule has 2 heterocycles. The molecule has 1 aliphatic rings. The molecular weight excluding hydrogens is 434 g/mol. The predicted molar refractivity (Wildman–Crippen MR) is 120 cm³/mol. The van der Waals surface area contributed by atoms with Crippen molar-refractivity contribution < 1.29 is 28.7 Å². The highest BCUT2D eigenvalue weighted by molar-refractivity contribution is 8.01. The third-order valence-electron chi connectivity index (χ3n) is 5.32. The van der Waals surface area contributed by atoms with Gasteiger partial charge in [0.1, 0.15) is 5.37 Å². The topological polar surface area (TPSA) is 118 Å². The second-order valence-electron chi connectivity index (χ2n) is 7.41. The van der Waals surface area contributed by atoms with Crippen molar-refractivity contribution in [2.45, 2.75) is 39.5 Å². The lowest BCUT2D eigenvalue weighted by molar-refractivity contribution is -0.157. The van der Waals surface area contributed by atoms with Crippen LogP contribution in [-0.4, -0.2) is 58.1 Å². The molecule has 1 aliphatic heterocycles. The van der Waals surface area contributed by atoms with Crippen molar-refractivity contribution in [2.75, 3.05) is 19.0 Å². The zero-order valence-corrected chi connectivity index (χ0v) is 19.3. The molecule has 1 aromatic heterocycles. The number of carbonyl (C=O) groups excluding carboxylic acids is 4. The number of hydrazine groups is 1. The molecule has 2 aromatic rings. The van der Waals surface area contributed by atoms with E-state index in [1.807, 2.05) is 19.9 Å². The van der Waals surface area contributed by atoms with Crippen molar-refractivity contribution in [3.8, 4) is 0 Å². The van der Waals surface area contributed by atoms with Gasteiger partial charge in [0.05, 0.1) is 31.3 Å². The molecule has 10 heteroatoms. The lowest BCUT2D eigenvalue weighted by atomic mass is 10.1. The van der Waals surface area contributed by atoms with Crippen LogP contribution < -0.4 is 5.43 Å². The van der Waals surface area contributed by atoms with Gasteiger partial charge in [-0.05, 0) is 51.5 Å². The SMILES string of the molecule is CCOC(=O)C[C@H](C(=O)OCC)[C@@H]1SCC(=O)N1NC(=O)c1ccc2[nH]c(C)c(C)c2c1. The Morgan fingerprint density at radius 2 is 1.94 bits per heavy atom. The second kappa shape index (κ2) is 10.1. The molecule has 1 aromatic carbocycles. The van der Waals surface area contributed by atoms with Gasteiger partial charge in [-0.1, -0.05) is 0 Å². The summed E-state index contributed by atoms with van der Waals surface area (Å²) in [5, 5.41) is 1.27. The van der Waals surface area contributed by atoms with Gasteiger partial charge in [0, 0.05) is 22.2 Å². The maximum atomic E-state index is 13.0. The number of aromatic amines is 1. The number of fused-ring (bicyclic) bond motifs is 1. The van der Waals surface area contributed by atoms with E-state index in [1.165, 1.54) is 11.8 Å². The van der Waals surface area contributed by atoms with Crippen LogP contribution in [0.5, 0.6) is 0 Å². The lowest BCUT2D eigenvalue weighted by Crippen LogP contribution is -2.51. The van der Waals surface area contributed by atoms with Gasteiger partial charge in [0.25, 0.3) is 11.8 Å². The van der Waals surface area contributed by atoms with Crippen LogP contribution in [0.25, 0.3) is 10.9 Å². The molecule has 0 aliphatic carbocycles. The third kappa shape index (κ3) is 4.90. The third-order valence-corrected chi connectivity index (χ3v) is 6.61. The molecule has 2 atom stereocenters. The highest BCUT2D eigenvalue weighted by atomic mass is 32.2. The van der Waals surface area contributed by atoms with Gasteiger partial charge in [0.15, 0.2) is 0 Å². The van der Waals surface area contributed by atoms with Crippen LogP contribution in [0.1, 0.15) is 41.9 Å². The number of amides is 2. The first-order chi connectivity index (χ1) is 15.3. The molecule has 0 unspecified atom stereocenters. The molecule has 0 radical (unpaired) electrons. The molecule has 32 heavy (non-hydrogen) atoms. The normalized spacial score (nSPS) is 16.8. The van der Waals surface area contributed by atoms with Crippen LogP contribution in [0.15, 0.2) is 18.2 Å². The van der Waals surface area contributed by atoms with Crippen molar-refractivity contribution in [3.05, 3.63) is 35.0 Å². The Morgan fingerprint density at radius 1 is 1.22 bits per heavy atom. The number of thioether (sulfide) groups is 1. The summed E-state index contributed by atoms with van der Waals surface area (Å²) in [6.45, 7) is 7.55. The Balaban J connectivity index is 1.83. The molecule has 0 bridgehead atoms. The number of H-pyrrole nitrogens is 1. The van der Waals surface area contributed by atoms with E-state index in [9.17, 15) is 19.2 Å². The van der Waals surface area contributed by atoms with Gasteiger partial charge < -0.3 is 14.5 Å². The van der Waals surface area contributed by atoms with Crippen LogP contribution >= 0.6 is 11.8 Å². The first kappa shape index (κ1) is 23.6. The van der Waals surface area contributed by atoms with Crippen LogP contribution in [0.3, 0.4) is 0 Å². The number of aryl methyl sites for hydroxylation is 2. The van der Waals surface area contributed by atoms with Gasteiger partial charge >= 0.3 is 11.9 Å². The number of esters is 2. The number of hydrogen-bond donors (Lipinski definition) is 2. The smallest absolute Gasteiger partial charge is 0.312 e. The average molecular weight is 462 g/mol. The fourth-order valence-electron chi connectivity index (χ4n) is 3.59. The van der Waals surface area contributed by atoms with Crippen molar-refractivity contribution in [3.63, 3.8) is 0 Å². The Morgan fingerprint density at radius 3 is 2.62 bits per heavy atom. The van der Waals surface area contributed by atoms with Gasteiger partial charge in [-0.2, -0.15) is 0 Å². The van der Waals surface area contributed by atoms with Crippen molar-refractivity contribution in [1.29, 1.82) is 0 Å². The maximum absolute atomic E-state index is 13.0. The zero-order chi connectivity index (χ0) is 23.4. The summed E-state index contributed by atoms with van der Waals surface area (Å²) >= 11 is 1.17. The zero-order valence-electron chi connectivity index (χ0n) is 18.5. The molecule has 2 amide bonds. The second-order valence-corrected chi connectivity index (χ2v) is 8.51. The Hall–Kier alpha value is -3.01. The number of nitrogens with zero attached hydrogens (tertiary/aromatic N) is 1. The van der Waals surface area contributed by atoms with E-state index >= 15 is 0 Å². The highest BCUT2D eigenvalue weighted by Crippen LogP contribution is 2.33. The number of aromatic nitrogens is 1. The minimum absolute atomic E-state index is 0.0683. The van der Waals surface area contributed by atoms with Crippen molar-refractivity contribution in [1.82, 2.24) is 15.4 Å². The summed E-state index contributed by atoms with van der Waals surface area (Å²) in [4.78, 5) is 53.4. The predicted octanol–water partition coefficient (Wildman–Crippen LogP) is 2.46. The standard InChI is InChI=1S/C22H27N3O6S/c1-5-30-19(27)10-16(22(29)31-6-2)21-25(18(26)11-32-21)24-20(28)14-7-8-17-15(9-14)12(3)13(4)23-17/h7-9,16,21,23H,5-6,10-11H2,1-4H3,(H,24,28)/t16-,21-/m0/s1. The minimum Gasteiger partial charge on any atom is -0.466 e. The fraction of sp³-hybridized carbons (Fsp3) is 0.455. The molecule has 1 fully saturated rings. The highest BCUT2D eigenvalue weighted by Gasteiger charge is 2.43. The van der Waals surface area contributed by atoms with Crippen LogP contribution in [0.2, 0.25) is 0 Å². The van der Waals surface area contributed by atoms with Gasteiger partial charge in [-0.3, -0.25) is 24.6 Å². The number of ether oxygens (including phenoxy) is 2. The number of benzene rings is 1. The molecule has 0 spiro atoms. The van der Waals surface area contributed by atoms with E-state index in [-0.39, 0.29) is 31.3 Å². The molecule has 3 rings (SSSR count). The Bertz CT molecular complexity index is 1050. The largest absolute Gasteiger partial charge is 0.466 e. The first-order valence-electron chi connectivity index (χ1n) is 10.4. The van der Waals surface area contributed by atoms with Gasteiger partial charge in [-0.15, -0.1) is 11.8 Å². The van der Waals surface area contributed by atoms with E-state index in [2.05, 4.69) is 10.4 Å². The Kier molecular flexibility index (Phi) is 7.44. The molecule has 1 saturated heterocycles.